The van der Waals surface area contributed by atoms with Crippen molar-refractivity contribution in [3.63, 3.8) is 0 Å². The van der Waals surface area contributed by atoms with Crippen LogP contribution in [0.25, 0.3) is 0 Å². The molecule has 6 heteroatoms. The molecule has 0 heterocycles. The number of amides is 1. The normalized spacial score (nSPS) is 17.3. The molecular formula is C13H17BrClFN2O. The van der Waals surface area contributed by atoms with E-state index in [1.165, 1.54) is 12.1 Å². The molecule has 1 atom stereocenters. The molecule has 0 radical (unpaired) electrons. The minimum absolute atomic E-state index is 0. The molecule has 3 N–H and O–H groups in total. The molecule has 0 bridgehead atoms. The summed E-state index contributed by atoms with van der Waals surface area (Å²) in [5.41, 5.74) is 5.66. The van der Waals surface area contributed by atoms with Crippen molar-refractivity contribution in [2.45, 2.75) is 25.3 Å². The average molecular weight is 352 g/mol. The Labute approximate surface area is 126 Å². The summed E-state index contributed by atoms with van der Waals surface area (Å²) in [5.74, 6) is -0.281. The minimum atomic E-state index is -0.441. The lowest BCUT2D eigenvalue weighted by Gasteiger charge is -2.29. The molecule has 106 valence electrons. The van der Waals surface area contributed by atoms with Gasteiger partial charge in [-0.25, -0.2) is 4.39 Å². The minimum Gasteiger partial charge on any atom is -0.345 e. The molecule has 0 spiro atoms. The standard InChI is InChI=1S/C13H16BrFN2O.ClH/c1-13(7-16,9-3-4-9)17-12(18)8-2-5-10(14)11(15)6-8;/h2,5-6,9H,3-4,7,16H2,1H3,(H,17,18);1H. The Morgan fingerprint density at radius 3 is 2.68 bits per heavy atom. The third-order valence-corrected chi connectivity index (χ3v) is 4.13. The smallest absolute Gasteiger partial charge is 0.251 e. The first-order chi connectivity index (χ1) is 8.46. The Morgan fingerprint density at radius 2 is 2.21 bits per heavy atom. The zero-order valence-corrected chi connectivity index (χ0v) is 13.0. The maximum Gasteiger partial charge on any atom is 0.251 e. The van der Waals surface area contributed by atoms with Crippen molar-refractivity contribution in [1.29, 1.82) is 0 Å². The largest absolute Gasteiger partial charge is 0.345 e. The van der Waals surface area contributed by atoms with Gasteiger partial charge in [-0.2, -0.15) is 0 Å². The quantitative estimate of drug-likeness (QED) is 0.876. The van der Waals surface area contributed by atoms with E-state index in [2.05, 4.69) is 21.2 Å². The Balaban J connectivity index is 0.00000180. The van der Waals surface area contributed by atoms with Gasteiger partial charge in [-0.1, -0.05) is 0 Å². The fourth-order valence-electron chi connectivity index (χ4n) is 2.01. The van der Waals surface area contributed by atoms with Gasteiger partial charge in [0.15, 0.2) is 0 Å². The fraction of sp³-hybridized carbons (Fsp3) is 0.462. The SMILES string of the molecule is CC(CN)(NC(=O)c1ccc(Br)c(F)c1)C1CC1.Cl. The van der Waals surface area contributed by atoms with Crippen LogP contribution in [0.1, 0.15) is 30.1 Å². The second kappa shape index (κ2) is 6.20. The maximum absolute atomic E-state index is 13.4. The highest BCUT2D eigenvalue weighted by Crippen LogP contribution is 2.39. The Morgan fingerprint density at radius 1 is 1.58 bits per heavy atom. The van der Waals surface area contributed by atoms with Crippen molar-refractivity contribution in [2.75, 3.05) is 6.54 Å². The Kier molecular flexibility index (Phi) is 5.35. The van der Waals surface area contributed by atoms with Crippen LogP contribution >= 0.6 is 28.3 Å². The molecular weight excluding hydrogens is 335 g/mol. The van der Waals surface area contributed by atoms with Gasteiger partial charge in [0.05, 0.1) is 10.0 Å². The summed E-state index contributed by atoms with van der Waals surface area (Å²) in [4.78, 5) is 12.1. The highest BCUT2D eigenvalue weighted by molar-refractivity contribution is 9.10. The molecule has 19 heavy (non-hydrogen) atoms. The van der Waals surface area contributed by atoms with Crippen LogP contribution in [0.15, 0.2) is 22.7 Å². The zero-order chi connectivity index (χ0) is 13.3. The van der Waals surface area contributed by atoms with Crippen molar-refractivity contribution < 1.29 is 9.18 Å². The van der Waals surface area contributed by atoms with Crippen LogP contribution in [0.4, 0.5) is 4.39 Å². The van der Waals surface area contributed by atoms with E-state index in [-0.39, 0.29) is 23.9 Å². The summed E-state index contributed by atoms with van der Waals surface area (Å²) in [6.45, 7) is 2.33. The molecule has 1 aliphatic carbocycles. The fourth-order valence-corrected chi connectivity index (χ4v) is 2.26. The van der Waals surface area contributed by atoms with E-state index in [4.69, 9.17) is 5.73 Å². The van der Waals surface area contributed by atoms with Crippen molar-refractivity contribution in [2.24, 2.45) is 11.7 Å². The summed E-state index contributed by atoms with van der Waals surface area (Å²) in [5, 5.41) is 2.92. The molecule has 0 aliphatic heterocycles. The lowest BCUT2D eigenvalue weighted by molar-refractivity contribution is 0.0897. The van der Waals surface area contributed by atoms with Gasteiger partial charge in [0.2, 0.25) is 0 Å². The number of hydrogen-bond acceptors (Lipinski definition) is 2. The first-order valence-corrected chi connectivity index (χ1v) is 6.73. The predicted octanol–water partition coefficient (Wildman–Crippen LogP) is 2.87. The second-order valence-electron chi connectivity index (χ2n) is 4.98. The Hall–Kier alpha value is -0.650. The van der Waals surface area contributed by atoms with Crippen molar-refractivity contribution >= 4 is 34.2 Å². The number of hydrogen-bond donors (Lipinski definition) is 2. The van der Waals surface area contributed by atoms with Crippen molar-refractivity contribution in [1.82, 2.24) is 5.32 Å². The molecule has 1 saturated carbocycles. The first-order valence-electron chi connectivity index (χ1n) is 5.94. The number of benzene rings is 1. The Bertz CT molecular complexity index is 482. The second-order valence-corrected chi connectivity index (χ2v) is 5.83. The number of rotatable bonds is 4. The highest BCUT2D eigenvalue weighted by Gasteiger charge is 2.41. The van der Waals surface area contributed by atoms with Crippen LogP contribution in [0.3, 0.4) is 0 Å². The van der Waals surface area contributed by atoms with Crippen molar-refractivity contribution in [3.05, 3.63) is 34.1 Å². The number of nitrogens with one attached hydrogen (secondary N) is 1. The van der Waals surface area contributed by atoms with Gasteiger partial charge in [-0.3, -0.25) is 4.79 Å². The maximum atomic E-state index is 13.4. The molecule has 1 amide bonds. The van der Waals surface area contributed by atoms with E-state index in [1.54, 1.807) is 6.07 Å². The van der Waals surface area contributed by atoms with Crippen LogP contribution in [0, 0.1) is 11.7 Å². The van der Waals surface area contributed by atoms with Crippen LogP contribution in [0.5, 0.6) is 0 Å². The zero-order valence-electron chi connectivity index (χ0n) is 10.6. The number of nitrogens with two attached hydrogens (primary N) is 1. The summed E-state index contributed by atoms with van der Waals surface area (Å²) < 4.78 is 13.7. The van der Waals surface area contributed by atoms with Gasteiger partial charge in [0.25, 0.3) is 5.91 Å². The van der Waals surface area contributed by atoms with Gasteiger partial charge in [-0.05, 0) is 59.8 Å². The van der Waals surface area contributed by atoms with Crippen LogP contribution in [-0.2, 0) is 0 Å². The molecule has 1 aliphatic rings. The van der Waals surface area contributed by atoms with E-state index < -0.39 is 5.82 Å². The van der Waals surface area contributed by atoms with Gasteiger partial charge >= 0.3 is 0 Å². The van der Waals surface area contributed by atoms with E-state index in [1.807, 2.05) is 6.92 Å². The first kappa shape index (κ1) is 16.4. The van der Waals surface area contributed by atoms with Crippen molar-refractivity contribution in [3.8, 4) is 0 Å². The summed E-state index contributed by atoms with van der Waals surface area (Å²) in [7, 11) is 0. The molecule has 1 unspecified atom stereocenters. The molecule has 1 fully saturated rings. The lowest BCUT2D eigenvalue weighted by atomic mass is 9.95. The summed E-state index contributed by atoms with van der Waals surface area (Å²) in [6.07, 6.45) is 2.17. The highest BCUT2D eigenvalue weighted by atomic mass is 79.9. The van der Waals surface area contributed by atoms with Gasteiger partial charge < -0.3 is 11.1 Å². The molecule has 2 rings (SSSR count). The van der Waals surface area contributed by atoms with Crippen LogP contribution in [-0.4, -0.2) is 18.0 Å². The molecule has 1 aromatic carbocycles. The van der Waals surface area contributed by atoms with Crippen LogP contribution in [0.2, 0.25) is 0 Å². The average Bonchev–Trinajstić information content (AvgIpc) is 3.16. The number of carbonyl (C=O) groups excluding carboxylic acids is 1. The van der Waals surface area contributed by atoms with E-state index in [9.17, 15) is 9.18 Å². The molecule has 0 saturated heterocycles. The molecule has 0 aromatic heterocycles. The molecule has 1 aromatic rings. The topological polar surface area (TPSA) is 55.1 Å². The van der Waals surface area contributed by atoms with E-state index in [0.717, 1.165) is 12.8 Å². The van der Waals surface area contributed by atoms with Gasteiger partial charge in [0, 0.05) is 12.1 Å². The number of carbonyl (C=O) groups is 1. The van der Waals surface area contributed by atoms with E-state index in [0.29, 0.717) is 22.5 Å². The summed E-state index contributed by atoms with van der Waals surface area (Å²) in [6, 6.07) is 4.34. The van der Waals surface area contributed by atoms with Crippen LogP contribution < -0.4 is 11.1 Å². The van der Waals surface area contributed by atoms with E-state index >= 15 is 0 Å². The predicted molar refractivity (Wildman–Crippen MR) is 79.0 cm³/mol. The molecule has 3 nitrogen and oxygen atoms in total. The van der Waals surface area contributed by atoms with Gasteiger partial charge in [0.1, 0.15) is 5.82 Å². The third-order valence-electron chi connectivity index (χ3n) is 3.48. The third kappa shape index (κ3) is 3.68. The monoisotopic (exact) mass is 350 g/mol. The lowest BCUT2D eigenvalue weighted by Crippen LogP contribution is -2.53. The summed E-state index contributed by atoms with van der Waals surface area (Å²) >= 11 is 3.06. The number of halogens is 3. The van der Waals surface area contributed by atoms with Gasteiger partial charge in [-0.15, -0.1) is 12.4 Å².